The molecule has 0 bridgehead atoms. The van der Waals surface area contributed by atoms with E-state index in [4.69, 9.17) is 11.6 Å². The minimum Gasteiger partial charge on any atom is -0.324 e. The molecule has 0 saturated heterocycles. The van der Waals surface area contributed by atoms with Crippen LogP contribution in [-0.4, -0.2) is 28.7 Å². The van der Waals surface area contributed by atoms with Crippen LogP contribution in [-0.2, 0) is 4.79 Å². The Morgan fingerprint density at radius 2 is 1.63 bits per heavy atom. The van der Waals surface area contributed by atoms with E-state index >= 15 is 0 Å². The fourth-order valence-electron chi connectivity index (χ4n) is 3.23. The average Bonchev–Trinajstić information content (AvgIpc) is 2.88. The molecule has 3 amide bonds. The summed E-state index contributed by atoms with van der Waals surface area (Å²) >= 11 is 6.13. The van der Waals surface area contributed by atoms with Crippen LogP contribution in [0.4, 0.5) is 5.69 Å². The molecule has 27 heavy (non-hydrogen) atoms. The minimum absolute atomic E-state index is 0.116. The molecule has 1 heterocycles. The number of halogens is 1. The van der Waals surface area contributed by atoms with Gasteiger partial charge in [-0.25, -0.2) is 0 Å². The molecule has 1 atom stereocenters. The number of imide groups is 1. The van der Waals surface area contributed by atoms with Crippen LogP contribution < -0.4 is 5.32 Å². The molecule has 0 radical (unpaired) electrons. The number of hydrogen-bond donors (Lipinski definition) is 1. The van der Waals surface area contributed by atoms with Crippen LogP contribution in [0.1, 0.15) is 46.5 Å². The summed E-state index contributed by atoms with van der Waals surface area (Å²) in [5.41, 5.74) is 1.97. The van der Waals surface area contributed by atoms with Gasteiger partial charge in [0.05, 0.1) is 11.1 Å². The van der Waals surface area contributed by atoms with E-state index in [1.807, 2.05) is 13.8 Å². The molecule has 0 fully saturated rings. The van der Waals surface area contributed by atoms with Crippen LogP contribution >= 0.6 is 11.6 Å². The molecule has 1 aliphatic rings. The van der Waals surface area contributed by atoms with E-state index in [9.17, 15) is 14.4 Å². The summed E-state index contributed by atoms with van der Waals surface area (Å²) in [5.74, 6) is -1.15. The molecule has 1 N–H and O–H groups in total. The van der Waals surface area contributed by atoms with Gasteiger partial charge in [0, 0.05) is 10.7 Å². The van der Waals surface area contributed by atoms with Gasteiger partial charge in [-0.2, -0.15) is 0 Å². The Kier molecular flexibility index (Phi) is 5.33. The Morgan fingerprint density at radius 1 is 1.04 bits per heavy atom. The number of hydrogen-bond acceptors (Lipinski definition) is 3. The van der Waals surface area contributed by atoms with E-state index in [1.54, 1.807) is 49.4 Å². The van der Waals surface area contributed by atoms with Crippen molar-refractivity contribution in [3.8, 4) is 0 Å². The van der Waals surface area contributed by atoms with Crippen molar-refractivity contribution in [2.75, 3.05) is 5.32 Å². The van der Waals surface area contributed by atoms with E-state index in [2.05, 4.69) is 5.32 Å². The summed E-state index contributed by atoms with van der Waals surface area (Å²) in [7, 11) is 0. The second-order valence-corrected chi connectivity index (χ2v) is 7.48. The first kappa shape index (κ1) is 19.1. The van der Waals surface area contributed by atoms with Crippen LogP contribution in [0.2, 0.25) is 5.02 Å². The highest BCUT2D eigenvalue weighted by Crippen LogP contribution is 2.28. The van der Waals surface area contributed by atoms with Crippen LogP contribution in [0.3, 0.4) is 0 Å². The largest absolute Gasteiger partial charge is 0.324 e. The minimum atomic E-state index is -0.893. The van der Waals surface area contributed by atoms with Crippen molar-refractivity contribution in [3.63, 3.8) is 0 Å². The predicted molar refractivity (Wildman–Crippen MR) is 105 cm³/mol. The number of carbonyl (C=O) groups excluding carboxylic acids is 3. The zero-order chi connectivity index (χ0) is 19.7. The number of fused-ring (bicyclic) bond motifs is 1. The smallest absolute Gasteiger partial charge is 0.262 e. The lowest BCUT2D eigenvalue weighted by molar-refractivity contribution is -0.120. The van der Waals surface area contributed by atoms with E-state index in [0.29, 0.717) is 28.3 Å². The monoisotopic (exact) mass is 384 g/mol. The molecular formula is C21H21ClN2O3. The number of nitrogens with zero attached hydrogens (tertiary/aromatic N) is 1. The topological polar surface area (TPSA) is 66.5 Å². The normalized spacial score (nSPS) is 14.5. The van der Waals surface area contributed by atoms with Gasteiger partial charge in [0.2, 0.25) is 5.91 Å². The number of carbonyl (C=O) groups is 3. The van der Waals surface area contributed by atoms with Gasteiger partial charge < -0.3 is 5.32 Å². The summed E-state index contributed by atoms with van der Waals surface area (Å²) in [5, 5.41) is 3.37. The Morgan fingerprint density at radius 3 is 2.19 bits per heavy atom. The maximum atomic E-state index is 13.0. The van der Waals surface area contributed by atoms with E-state index in [-0.39, 0.29) is 5.92 Å². The first-order valence-corrected chi connectivity index (χ1v) is 9.22. The molecule has 0 unspecified atom stereocenters. The second kappa shape index (κ2) is 7.53. The molecule has 0 spiro atoms. The summed E-state index contributed by atoms with van der Waals surface area (Å²) in [6.07, 6.45) is 0.372. The molecule has 140 valence electrons. The average molecular weight is 385 g/mol. The molecule has 0 saturated carbocycles. The molecule has 6 heteroatoms. The van der Waals surface area contributed by atoms with Gasteiger partial charge in [0.1, 0.15) is 6.04 Å². The molecule has 2 aromatic carbocycles. The third-order valence-corrected chi connectivity index (χ3v) is 5.07. The zero-order valence-electron chi connectivity index (χ0n) is 15.5. The molecule has 5 nitrogen and oxygen atoms in total. The Hall–Kier alpha value is -2.66. The first-order chi connectivity index (χ1) is 12.8. The lowest BCUT2D eigenvalue weighted by Gasteiger charge is -2.27. The van der Waals surface area contributed by atoms with Crippen molar-refractivity contribution in [1.29, 1.82) is 0 Å². The molecule has 0 aromatic heterocycles. The van der Waals surface area contributed by atoms with Crippen molar-refractivity contribution in [2.24, 2.45) is 5.92 Å². The highest BCUT2D eigenvalue weighted by molar-refractivity contribution is 6.31. The first-order valence-electron chi connectivity index (χ1n) is 8.84. The second-order valence-electron chi connectivity index (χ2n) is 7.07. The molecule has 3 rings (SSSR count). The van der Waals surface area contributed by atoms with E-state index in [0.717, 1.165) is 10.5 Å². The SMILES string of the molecule is Cc1c(Cl)cccc1NC(=O)[C@@H](CC(C)C)N1C(=O)c2ccccc2C1=O. The van der Waals surface area contributed by atoms with Gasteiger partial charge in [-0.15, -0.1) is 0 Å². The predicted octanol–water partition coefficient (Wildman–Crippen LogP) is 4.30. The van der Waals surface area contributed by atoms with Crippen molar-refractivity contribution in [2.45, 2.75) is 33.2 Å². The van der Waals surface area contributed by atoms with Crippen molar-refractivity contribution in [3.05, 3.63) is 64.2 Å². The number of benzene rings is 2. The van der Waals surface area contributed by atoms with Gasteiger partial charge in [0.15, 0.2) is 0 Å². The summed E-state index contributed by atoms with van der Waals surface area (Å²) in [4.78, 5) is 39.7. The van der Waals surface area contributed by atoms with Gasteiger partial charge in [0.25, 0.3) is 11.8 Å². The summed E-state index contributed by atoms with van der Waals surface area (Å²) in [6, 6.07) is 11.0. The van der Waals surface area contributed by atoms with Crippen LogP contribution in [0.5, 0.6) is 0 Å². The number of anilines is 1. The third-order valence-electron chi connectivity index (χ3n) is 4.66. The van der Waals surface area contributed by atoms with E-state index < -0.39 is 23.8 Å². The van der Waals surface area contributed by atoms with Crippen molar-refractivity contribution in [1.82, 2.24) is 4.90 Å². The highest BCUT2D eigenvalue weighted by atomic mass is 35.5. The van der Waals surface area contributed by atoms with Gasteiger partial charge >= 0.3 is 0 Å². The Balaban J connectivity index is 1.93. The van der Waals surface area contributed by atoms with Crippen LogP contribution in [0.15, 0.2) is 42.5 Å². The molecule has 2 aromatic rings. The zero-order valence-corrected chi connectivity index (χ0v) is 16.2. The summed E-state index contributed by atoms with van der Waals surface area (Å²) in [6.45, 7) is 5.70. The number of rotatable bonds is 5. The fraction of sp³-hybridized carbons (Fsp3) is 0.286. The fourth-order valence-corrected chi connectivity index (χ4v) is 3.40. The maximum Gasteiger partial charge on any atom is 0.262 e. The lowest BCUT2D eigenvalue weighted by atomic mass is 10.0. The lowest BCUT2D eigenvalue weighted by Crippen LogP contribution is -2.48. The summed E-state index contributed by atoms with van der Waals surface area (Å²) < 4.78 is 0. The van der Waals surface area contributed by atoms with Crippen molar-refractivity contribution < 1.29 is 14.4 Å². The van der Waals surface area contributed by atoms with Crippen LogP contribution in [0, 0.1) is 12.8 Å². The molecule has 0 aliphatic carbocycles. The number of nitrogens with one attached hydrogen (secondary N) is 1. The van der Waals surface area contributed by atoms with Crippen LogP contribution in [0.25, 0.3) is 0 Å². The molecular weight excluding hydrogens is 364 g/mol. The third kappa shape index (κ3) is 3.60. The standard InChI is InChI=1S/C21H21ClN2O3/c1-12(2)11-18(19(25)23-17-10-6-9-16(22)13(17)3)24-20(26)14-7-4-5-8-15(14)21(24)27/h4-10,12,18H,11H2,1-3H3,(H,23,25)/t18-/m1/s1. The Bertz CT molecular complexity index is 888. The molecule has 1 aliphatic heterocycles. The Labute approximate surface area is 163 Å². The quantitative estimate of drug-likeness (QED) is 0.781. The van der Waals surface area contributed by atoms with Gasteiger partial charge in [-0.3, -0.25) is 19.3 Å². The number of amides is 3. The van der Waals surface area contributed by atoms with E-state index in [1.165, 1.54) is 0 Å². The maximum absolute atomic E-state index is 13.0. The highest BCUT2D eigenvalue weighted by Gasteiger charge is 2.42. The van der Waals surface area contributed by atoms with Gasteiger partial charge in [-0.1, -0.05) is 43.6 Å². The van der Waals surface area contributed by atoms with Gasteiger partial charge in [-0.05, 0) is 49.1 Å². The van der Waals surface area contributed by atoms with Crippen molar-refractivity contribution >= 4 is 35.0 Å².